The van der Waals surface area contributed by atoms with Gasteiger partial charge in [0.05, 0.1) is 36.6 Å². The molecule has 0 radical (unpaired) electrons. The van der Waals surface area contributed by atoms with Crippen LogP contribution in [0.1, 0.15) is 32.6 Å². The number of piperidine rings is 1. The molecule has 1 heterocycles. The third-order valence-electron chi connectivity index (χ3n) is 11.1. The second-order valence-electron chi connectivity index (χ2n) is 11.6. The molecule has 1 spiro atoms. The molecule has 7 bridgehead atoms. The van der Waals surface area contributed by atoms with Crippen LogP contribution >= 0.6 is 0 Å². The SMILES string of the molecule is CCN1C[C@]2(COC)CCC(O)C34[C@@H]5CC6C(O)[C@@H]5[C@](O)(C[C@@H]6OC)[C@@H](C(OC)[C@@H]32)[C@H]14. The molecular formula is C24H39NO6. The summed E-state index contributed by atoms with van der Waals surface area (Å²) in [6.07, 6.45) is 1.65. The summed E-state index contributed by atoms with van der Waals surface area (Å²) in [7, 11) is 5.24. The largest absolute Gasteiger partial charge is 0.392 e. The lowest BCUT2D eigenvalue weighted by atomic mass is 9.43. The van der Waals surface area contributed by atoms with E-state index < -0.39 is 17.8 Å². The third-order valence-corrected chi connectivity index (χ3v) is 11.1. The van der Waals surface area contributed by atoms with Crippen molar-refractivity contribution in [1.82, 2.24) is 4.90 Å². The summed E-state index contributed by atoms with van der Waals surface area (Å²) < 4.78 is 18.0. The number of rotatable bonds is 5. The van der Waals surface area contributed by atoms with E-state index in [9.17, 15) is 15.3 Å². The fourth-order valence-electron chi connectivity index (χ4n) is 10.7. The Morgan fingerprint density at radius 2 is 1.87 bits per heavy atom. The number of likely N-dealkylation sites (tertiary alicyclic amines) is 1. The van der Waals surface area contributed by atoms with E-state index in [0.717, 1.165) is 32.4 Å². The van der Waals surface area contributed by atoms with Gasteiger partial charge in [0.15, 0.2) is 0 Å². The number of fused-ring (bicyclic) bond motifs is 2. The maximum atomic E-state index is 12.5. The molecule has 6 aliphatic rings. The molecule has 0 aromatic heterocycles. The Morgan fingerprint density at radius 1 is 1.10 bits per heavy atom. The highest BCUT2D eigenvalue weighted by molar-refractivity contribution is 5.35. The summed E-state index contributed by atoms with van der Waals surface area (Å²) >= 11 is 0. The highest BCUT2D eigenvalue weighted by Gasteiger charge is 2.86. The van der Waals surface area contributed by atoms with Crippen LogP contribution < -0.4 is 0 Å². The second-order valence-corrected chi connectivity index (χ2v) is 11.6. The van der Waals surface area contributed by atoms with Crippen molar-refractivity contribution in [2.24, 2.45) is 40.4 Å². The van der Waals surface area contributed by atoms with Gasteiger partial charge in [-0.25, -0.2) is 0 Å². The standard InChI is InChI=1S/C24H39NO6/c1-5-25-10-22(11-29-2)7-6-15(26)24-13-8-12-14(30-3)9-23(28,16(13)18(12)27)17(21(24)25)19(31-4)20(22)24/h12-21,26-28H,5-11H2,1-4H3/t12?,13-,14+,15?,16-,17+,18?,19?,20-,21+,22+,23-,24?/m1/s1. The van der Waals surface area contributed by atoms with Gasteiger partial charge in [-0.1, -0.05) is 6.92 Å². The Hall–Kier alpha value is -0.280. The molecule has 3 N–H and O–H groups in total. The summed E-state index contributed by atoms with van der Waals surface area (Å²) in [5, 5.41) is 35.7. The fraction of sp³-hybridized carbons (Fsp3) is 1.00. The lowest BCUT2D eigenvalue weighted by molar-refractivity contribution is -0.272. The van der Waals surface area contributed by atoms with Crippen LogP contribution in [-0.2, 0) is 14.2 Å². The zero-order valence-corrected chi connectivity index (χ0v) is 19.2. The predicted octanol–water partition coefficient (Wildman–Crippen LogP) is 0.502. The quantitative estimate of drug-likeness (QED) is 0.577. The van der Waals surface area contributed by atoms with Gasteiger partial charge in [0.1, 0.15) is 0 Å². The first-order valence-electron chi connectivity index (χ1n) is 12.2. The smallest absolute Gasteiger partial charge is 0.0796 e. The lowest BCUT2D eigenvalue weighted by Gasteiger charge is -2.68. The molecule has 5 unspecified atom stereocenters. The number of nitrogens with zero attached hydrogens (tertiary/aromatic N) is 1. The van der Waals surface area contributed by atoms with E-state index in [2.05, 4.69) is 11.8 Å². The number of aliphatic hydroxyl groups is 3. The monoisotopic (exact) mass is 437 g/mol. The van der Waals surface area contributed by atoms with Crippen molar-refractivity contribution < 1.29 is 29.5 Å². The van der Waals surface area contributed by atoms with Gasteiger partial charge in [0, 0.05) is 74.8 Å². The molecule has 13 atom stereocenters. The summed E-state index contributed by atoms with van der Waals surface area (Å²) in [6.45, 7) is 4.63. The molecule has 0 aromatic rings. The molecule has 176 valence electrons. The molecule has 6 fully saturated rings. The van der Waals surface area contributed by atoms with Crippen molar-refractivity contribution in [1.29, 1.82) is 0 Å². The number of methoxy groups -OCH3 is 3. The molecule has 7 heteroatoms. The first-order valence-corrected chi connectivity index (χ1v) is 12.2. The highest BCUT2D eigenvalue weighted by atomic mass is 16.5. The van der Waals surface area contributed by atoms with Crippen LogP contribution in [-0.4, -0.2) is 97.3 Å². The van der Waals surface area contributed by atoms with E-state index in [4.69, 9.17) is 14.2 Å². The minimum absolute atomic E-state index is 0.0248. The summed E-state index contributed by atoms with van der Waals surface area (Å²) in [4.78, 5) is 2.52. The van der Waals surface area contributed by atoms with Crippen LogP contribution in [0.15, 0.2) is 0 Å². The van der Waals surface area contributed by atoms with Crippen molar-refractivity contribution >= 4 is 0 Å². The topological polar surface area (TPSA) is 91.6 Å². The van der Waals surface area contributed by atoms with E-state index >= 15 is 0 Å². The minimum atomic E-state index is -1.05. The maximum absolute atomic E-state index is 12.5. The van der Waals surface area contributed by atoms with Gasteiger partial charge < -0.3 is 29.5 Å². The van der Waals surface area contributed by atoms with Gasteiger partial charge >= 0.3 is 0 Å². The van der Waals surface area contributed by atoms with E-state index in [0.29, 0.717) is 13.0 Å². The molecule has 6 rings (SSSR count). The van der Waals surface area contributed by atoms with Crippen molar-refractivity contribution in [3.63, 3.8) is 0 Å². The van der Waals surface area contributed by atoms with E-state index in [1.54, 1.807) is 21.3 Å². The fourth-order valence-corrected chi connectivity index (χ4v) is 10.7. The average Bonchev–Trinajstić information content (AvgIpc) is 3.16. The maximum Gasteiger partial charge on any atom is 0.0796 e. The zero-order valence-electron chi connectivity index (χ0n) is 19.2. The third kappa shape index (κ3) is 2.12. The van der Waals surface area contributed by atoms with Crippen LogP contribution in [0.4, 0.5) is 0 Å². The molecule has 7 nitrogen and oxygen atoms in total. The van der Waals surface area contributed by atoms with E-state index in [-0.39, 0.29) is 58.7 Å². The van der Waals surface area contributed by atoms with Crippen LogP contribution in [0.3, 0.4) is 0 Å². The van der Waals surface area contributed by atoms with Crippen molar-refractivity contribution in [3.05, 3.63) is 0 Å². The Labute approximate surface area is 185 Å². The molecule has 1 aliphatic heterocycles. The number of hydrogen-bond acceptors (Lipinski definition) is 7. The number of ether oxygens (including phenoxy) is 3. The molecule has 0 amide bonds. The van der Waals surface area contributed by atoms with Gasteiger partial charge in [-0.2, -0.15) is 0 Å². The average molecular weight is 438 g/mol. The normalized spacial score (nSPS) is 61.6. The molecule has 31 heavy (non-hydrogen) atoms. The van der Waals surface area contributed by atoms with Crippen LogP contribution in [0, 0.1) is 40.4 Å². The Morgan fingerprint density at radius 3 is 2.52 bits per heavy atom. The number of aliphatic hydroxyl groups excluding tert-OH is 2. The first-order chi connectivity index (χ1) is 14.9. The Bertz CT molecular complexity index is 752. The van der Waals surface area contributed by atoms with Gasteiger partial charge in [-0.3, -0.25) is 4.90 Å². The van der Waals surface area contributed by atoms with Gasteiger partial charge in [-0.05, 0) is 31.7 Å². The van der Waals surface area contributed by atoms with Gasteiger partial charge in [0.25, 0.3) is 0 Å². The molecule has 5 aliphatic carbocycles. The first kappa shape index (κ1) is 21.3. The van der Waals surface area contributed by atoms with Crippen molar-refractivity contribution in [3.8, 4) is 0 Å². The van der Waals surface area contributed by atoms with E-state index in [1.807, 2.05) is 0 Å². The van der Waals surface area contributed by atoms with Crippen LogP contribution in [0.2, 0.25) is 0 Å². The van der Waals surface area contributed by atoms with Crippen LogP contribution in [0.5, 0.6) is 0 Å². The lowest BCUT2D eigenvalue weighted by Crippen LogP contribution is -2.76. The van der Waals surface area contributed by atoms with Crippen LogP contribution in [0.25, 0.3) is 0 Å². The van der Waals surface area contributed by atoms with Crippen molar-refractivity contribution in [2.45, 2.75) is 68.7 Å². The Kier molecular flexibility index (Phi) is 4.56. The number of hydrogen-bond donors (Lipinski definition) is 3. The predicted molar refractivity (Wildman–Crippen MR) is 112 cm³/mol. The molecule has 1 saturated heterocycles. The summed E-state index contributed by atoms with van der Waals surface area (Å²) in [6, 6.07) is 0.0561. The van der Waals surface area contributed by atoms with Gasteiger partial charge in [0.2, 0.25) is 0 Å². The Balaban J connectivity index is 1.62. The molecule has 5 saturated carbocycles. The van der Waals surface area contributed by atoms with Gasteiger partial charge in [-0.15, -0.1) is 0 Å². The van der Waals surface area contributed by atoms with Crippen molar-refractivity contribution in [2.75, 3.05) is 41.0 Å². The zero-order chi connectivity index (χ0) is 21.9. The minimum Gasteiger partial charge on any atom is -0.392 e. The highest BCUT2D eigenvalue weighted by Crippen LogP contribution is 2.79. The summed E-state index contributed by atoms with van der Waals surface area (Å²) in [5.41, 5.74) is -1.54. The molecule has 0 aromatic carbocycles. The summed E-state index contributed by atoms with van der Waals surface area (Å²) in [5.74, 6) is -0.168. The second kappa shape index (κ2) is 6.65. The molecular weight excluding hydrogens is 398 g/mol. The van der Waals surface area contributed by atoms with E-state index in [1.165, 1.54) is 0 Å².